The zero-order chi connectivity index (χ0) is 20.5. The molecule has 2 fully saturated rings. The first-order valence-electron chi connectivity index (χ1n) is 9.74. The van der Waals surface area contributed by atoms with Gasteiger partial charge in [-0.05, 0) is 68.5 Å². The molecular weight excluding hydrogens is 399 g/mol. The SMILES string of the molecule is O=C1N(c2ccc(OC(F)(F)F)cc2)CC[C@]12CC[C@@H](Sc1ccccc1)CC2. The normalized spacial score (nSPS) is 24.9. The van der Waals surface area contributed by atoms with E-state index in [1.165, 1.54) is 29.2 Å². The van der Waals surface area contributed by atoms with Crippen LogP contribution in [-0.4, -0.2) is 24.1 Å². The van der Waals surface area contributed by atoms with Gasteiger partial charge in [-0.3, -0.25) is 4.79 Å². The number of benzene rings is 2. The number of ether oxygens (including phenoxy) is 1. The molecule has 0 N–H and O–H groups in total. The van der Waals surface area contributed by atoms with Crippen molar-refractivity contribution in [1.29, 1.82) is 0 Å². The number of carbonyl (C=O) groups excluding carboxylic acids is 1. The number of anilines is 1. The Morgan fingerprint density at radius 2 is 1.62 bits per heavy atom. The molecule has 154 valence electrons. The quantitative estimate of drug-likeness (QED) is 0.603. The summed E-state index contributed by atoms with van der Waals surface area (Å²) in [5.74, 6) is -0.175. The second-order valence-electron chi connectivity index (χ2n) is 7.66. The van der Waals surface area contributed by atoms with E-state index in [0.717, 1.165) is 32.1 Å². The number of hydrogen-bond acceptors (Lipinski definition) is 3. The number of nitrogens with zero attached hydrogens (tertiary/aromatic N) is 1. The summed E-state index contributed by atoms with van der Waals surface area (Å²) in [5.41, 5.74) is 0.303. The van der Waals surface area contributed by atoms with Gasteiger partial charge in [0.2, 0.25) is 5.91 Å². The van der Waals surface area contributed by atoms with Crippen molar-refractivity contribution >= 4 is 23.4 Å². The van der Waals surface area contributed by atoms with Crippen molar-refractivity contribution in [3.05, 3.63) is 54.6 Å². The van der Waals surface area contributed by atoms with Crippen LogP contribution in [0, 0.1) is 5.41 Å². The summed E-state index contributed by atoms with van der Waals surface area (Å²) >= 11 is 1.88. The predicted octanol–water partition coefficient (Wildman–Crippen LogP) is 6.04. The molecule has 1 aliphatic carbocycles. The molecular formula is C22H22F3NO2S. The highest BCUT2D eigenvalue weighted by atomic mass is 32.2. The molecule has 1 spiro atoms. The number of hydrogen-bond donors (Lipinski definition) is 0. The van der Waals surface area contributed by atoms with Crippen LogP contribution in [0.4, 0.5) is 18.9 Å². The van der Waals surface area contributed by atoms with Crippen LogP contribution in [0.2, 0.25) is 0 Å². The third-order valence-electron chi connectivity index (χ3n) is 5.83. The molecule has 0 bridgehead atoms. The molecule has 0 atom stereocenters. The monoisotopic (exact) mass is 421 g/mol. The van der Waals surface area contributed by atoms with Crippen molar-refractivity contribution < 1.29 is 22.7 Å². The van der Waals surface area contributed by atoms with E-state index in [-0.39, 0.29) is 17.1 Å². The van der Waals surface area contributed by atoms with Crippen LogP contribution in [0.5, 0.6) is 5.75 Å². The zero-order valence-corrected chi connectivity index (χ0v) is 16.6. The van der Waals surface area contributed by atoms with Gasteiger partial charge in [-0.15, -0.1) is 24.9 Å². The average Bonchev–Trinajstić information content (AvgIpc) is 3.00. The Balaban J connectivity index is 1.38. The fraction of sp³-hybridized carbons (Fsp3) is 0.409. The Morgan fingerprint density at radius 3 is 2.24 bits per heavy atom. The molecule has 1 amide bonds. The van der Waals surface area contributed by atoms with Gasteiger partial charge in [0, 0.05) is 22.4 Å². The number of rotatable bonds is 4. The van der Waals surface area contributed by atoms with Crippen molar-refractivity contribution in [3.63, 3.8) is 0 Å². The topological polar surface area (TPSA) is 29.5 Å². The fourth-order valence-corrected chi connectivity index (χ4v) is 5.48. The number of thioether (sulfide) groups is 1. The second kappa shape index (κ2) is 7.94. The number of carbonyl (C=O) groups is 1. The Hall–Kier alpha value is -2.15. The van der Waals surface area contributed by atoms with Gasteiger partial charge in [0.1, 0.15) is 5.75 Å². The van der Waals surface area contributed by atoms with Crippen LogP contribution in [-0.2, 0) is 4.79 Å². The molecule has 0 aromatic heterocycles. The van der Waals surface area contributed by atoms with Crippen LogP contribution < -0.4 is 9.64 Å². The summed E-state index contributed by atoms with van der Waals surface area (Å²) in [5, 5.41) is 0.517. The predicted molar refractivity (Wildman–Crippen MR) is 107 cm³/mol. The molecule has 2 aliphatic rings. The molecule has 0 unspecified atom stereocenters. The molecule has 7 heteroatoms. The molecule has 0 radical (unpaired) electrons. The van der Waals surface area contributed by atoms with Gasteiger partial charge in [-0.2, -0.15) is 0 Å². The summed E-state index contributed by atoms with van der Waals surface area (Å²) in [4.78, 5) is 16.1. The van der Waals surface area contributed by atoms with Crippen LogP contribution in [0.1, 0.15) is 32.1 Å². The lowest BCUT2D eigenvalue weighted by Gasteiger charge is -2.35. The van der Waals surface area contributed by atoms with Crippen molar-refractivity contribution in [3.8, 4) is 5.75 Å². The van der Waals surface area contributed by atoms with Gasteiger partial charge in [-0.1, -0.05) is 18.2 Å². The summed E-state index contributed by atoms with van der Waals surface area (Å²) < 4.78 is 40.9. The lowest BCUT2D eigenvalue weighted by atomic mass is 9.73. The first-order chi connectivity index (χ1) is 13.8. The lowest BCUT2D eigenvalue weighted by Crippen LogP contribution is -2.38. The Kier molecular flexibility index (Phi) is 5.51. The summed E-state index contributed by atoms with van der Waals surface area (Å²) in [6, 6.07) is 15.9. The molecule has 2 aromatic carbocycles. The van der Waals surface area contributed by atoms with Gasteiger partial charge in [0.25, 0.3) is 0 Å². The molecule has 1 aliphatic heterocycles. The molecule has 4 rings (SSSR count). The molecule has 29 heavy (non-hydrogen) atoms. The highest BCUT2D eigenvalue weighted by molar-refractivity contribution is 8.00. The highest BCUT2D eigenvalue weighted by Gasteiger charge is 2.48. The van der Waals surface area contributed by atoms with Gasteiger partial charge in [-0.25, -0.2) is 0 Å². The van der Waals surface area contributed by atoms with Crippen LogP contribution in [0.15, 0.2) is 59.5 Å². The van der Waals surface area contributed by atoms with Crippen molar-refractivity contribution in [2.75, 3.05) is 11.4 Å². The molecule has 1 saturated heterocycles. The van der Waals surface area contributed by atoms with Gasteiger partial charge < -0.3 is 9.64 Å². The summed E-state index contributed by atoms with van der Waals surface area (Å²) in [6.07, 6.45) is -0.194. The number of halogens is 3. The van der Waals surface area contributed by atoms with E-state index in [9.17, 15) is 18.0 Å². The smallest absolute Gasteiger partial charge is 0.406 e. The molecule has 1 heterocycles. The van der Waals surface area contributed by atoms with Gasteiger partial charge in [0.15, 0.2) is 0 Å². The maximum atomic E-state index is 13.2. The minimum Gasteiger partial charge on any atom is -0.406 e. The minimum atomic E-state index is -4.72. The highest BCUT2D eigenvalue weighted by Crippen LogP contribution is 2.49. The average molecular weight is 421 g/mol. The number of alkyl halides is 3. The van der Waals surface area contributed by atoms with E-state index in [0.29, 0.717) is 17.5 Å². The molecule has 2 aromatic rings. The Bertz CT molecular complexity index is 847. The van der Waals surface area contributed by atoms with Crippen LogP contribution in [0.3, 0.4) is 0 Å². The third-order valence-corrected chi connectivity index (χ3v) is 7.18. The van der Waals surface area contributed by atoms with Gasteiger partial charge >= 0.3 is 6.36 Å². The Morgan fingerprint density at radius 1 is 0.966 bits per heavy atom. The first kappa shape index (κ1) is 20.1. The maximum absolute atomic E-state index is 13.2. The van der Waals surface area contributed by atoms with E-state index in [4.69, 9.17) is 0 Å². The van der Waals surface area contributed by atoms with Crippen LogP contribution in [0.25, 0.3) is 0 Å². The largest absolute Gasteiger partial charge is 0.573 e. The number of amides is 1. The van der Waals surface area contributed by atoms with E-state index >= 15 is 0 Å². The van der Waals surface area contributed by atoms with E-state index < -0.39 is 6.36 Å². The Labute approximate surface area is 172 Å². The van der Waals surface area contributed by atoms with E-state index in [1.807, 2.05) is 30.0 Å². The molecule has 3 nitrogen and oxygen atoms in total. The van der Waals surface area contributed by atoms with Crippen molar-refractivity contribution in [1.82, 2.24) is 0 Å². The van der Waals surface area contributed by atoms with Gasteiger partial charge in [0.05, 0.1) is 5.41 Å². The fourth-order valence-electron chi connectivity index (χ4n) is 4.31. The first-order valence-corrected chi connectivity index (χ1v) is 10.6. The summed E-state index contributed by atoms with van der Waals surface area (Å²) in [6.45, 7) is 0.606. The standard InChI is InChI=1S/C22H22F3NO2S/c23-22(24,25)28-17-8-6-16(7-9-17)26-15-14-21(20(26)27)12-10-19(11-13-21)29-18-4-2-1-3-5-18/h1-9,19H,10-15H2/t19-,21-. The summed E-state index contributed by atoms with van der Waals surface area (Å²) in [7, 11) is 0. The van der Waals surface area contributed by atoms with E-state index in [1.54, 1.807) is 4.90 Å². The maximum Gasteiger partial charge on any atom is 0.573 e. The molecule has 1 saturated carbocycles. The third kappa shape index (κ3) is 4.55. The minimum absolute atomic E-state index is 0.102. The lowest BCUT2D eigenvalue weighted by molar-refractivity contribution is -0.274. The zero-order valence-electron chi connectivity index (χ0n) is 15.8. The second-order valence-corrected chi connectivity index (χ2v) is 9.03. The van der Waals surface area contributed by atoms with E-state index in [2.05, 4.69) is 16.9 Å². The van der Waals surface area contributed by atoms with Crippen molar-refractivity contribution in [2.24, 2.45) is 5.41 Å². The van der Waals surface area contributed by atoms with Crippen LogP contribution >= 0.6 is 11.8 Å². The van der Waals surface area contributed by atoms with Crippen molar-refractivity contribution in [2.45, 2.75) is 48.6 Å².